The number of rotatable bonds is 5. The molecule has 25 heavy (non-hydrogen) atoms. The summed E-state index contributed by atoms with van der Waals surface area (Å²) in [5.74, 6) is -0.0570. The molecular formula is C19H21NO4S. The Morgan fingerprint density at radius 3 is 2.32 bits per heavy atom. The van der Waals surface area contributed by atoms with E-state index in [1.807, 2.05) is 32.9 Å². The van der Waals surface area contributed by atoms with Crippen molar-refractivity contribution in [1.82, 2.24) is 4.72 Å². The number of aryl methyl sites for hydroxylation is 3. The lowest BCUT2D eigenvalue weighted by atomic mass is 10.1. The van der Waals surface area contributed by atoms with Crippen molar-refractivity contribution in [2.45, 2.75) is 44.6 Å². The molecule has 6 heteroatoms. The number of benzene rings is 2. The van der Waals surface area contributed by atoms with Crippen LogP contribution in [0.2, 0.25) is 0 Å². The fourth-order valence-corrected chi connectivity index (χ4v) is 4.11. The molecule has 0 radical (unpaired) electrons. The van der Waals surface area contributed by atoms with E-state index in [4.69, 9.17) is 4.74 Å². The van der Waals surface area contributed by atoms with E-state index in [0.717, 1.165) is 29.5 Å². The summed E-state index contributed by atoms with van der Waals surface area (Å²) >= 11 is 0. The van der Waals surface area contributed by atoms with Crippen molar-refractivity contribution in [2.75, 3.05) is 0 Å². The van der Waals surface area contributed by atoms with E-state index in [9.17, 15) is 13.2 Å². The third-order valence-electron chi connectivity index (χ3n) is 4.08. The van der Waals surface area contributed by atoms with Gasteiger partial charge in [0.1, 0.15) is 5.75 Å². The van der Waals surface area contributed by atoms with Gasteiger partial charge < -0.3 is 4.74 Å². The summed E-state index contributed by atoms with van der Waals surface area (Å²) in [6.45, 7) is 5.74. The third-order valence-corrected chi connectivity index (χ3v) is 5.60. The summed E-state index contributed by atoms with van der Waals surface area (Å²) in [7, 11) is -3.61. The number of carbonyl (C=O) groups is 1. The van der Waals surface area contributed by atoms with Gasteiger partial charge in [0.05, 0.1) is 10.5 Å². The molecule has 0 atom stereocenters. The van der Waals surface area contributed by atoms with Crippen LogP contribution in [0, 0.1) is 20.8 Å². The van der Waals surface area contributed by atoms with Crippen molar-refractivity contribution in [2.24, 2.45) is 0 Å². The minimum absolute atomic E-state index is 0.0125. The number of hydrogen-bond donors (Lipinski definition) is 1. The molecule has 0 unspecified atom stereocenters. The molecule has 0 spiro atoms. The van der Waals surface area contributed by atoms with Crippen LogP contribution in [-0.4, -0.2) is 20.4 Å². The summed E-state index contributed by atoms with van der Waals surface area (Å²) in [6, 6.07) is 9.82. The SMILES string of the molecule is Cc1cc(C)c(OC(=O)c2cccc(S(=O)(=O)NC3CC3)c2)c(C)c1. The van der Waals surface area contributed by atoms with Crippen LogP contribution in [0.25, 0.3) is 0 Å². The van der Waals surface area contributed by atoms with Crippen LogP contribution < -0.4 is 9.46 Å². The molecule has 0 aromatic heterocycles. The van der Waals surface area contributed by atoms with Gasteiger partial charge in [-0.05, 0) is 62.9 Å². The highest BCUT2D eigenvalue weighted by atomic mass is 32.2. The van der Waals surface area contributed by atoms with E-state index in [1.54, 1.807) is 12.1 Å². The Morgan fingerprint density at radius 2 is 1.72 bits per heavy atom. The zero-order valence-electron chi connectivity index (χ0n) is 14.5. The lowest BCUT2D eigenvalue weighted by Crippen LogP contribution is -2.26. The minimum atomic E-state index is -3.61. The second-order valence-electron chi connectivity index (χ2n) is 6.54. The molecule has 2 aromatic rings. The van der Waals surface area contributed by atoms with Gasteiger partial charge in [-0.1, -0.05) is 23.8 Å². The summed E-state index contributed by atoms with van der Waals surface area (Å²) in [4.78, 5) is 12.6. The first-order chi connectivity index (χ1) is 11.8. The molecule has 0 bridgehead atoms. The predicted molar refractivity (Wildman–Crippen MR) is 95.4 cm³/mol. The van der Waals surface area contributed by atoms with Crippen LogP contribution in [0.5, 0.6) is 5.75 Å². The Balaban J connectivity index is 1.85. The largest absolute Gasteiger partial charge is 0.422 e. The summed E-state index contributed by atoms with van der Waals surface area (Å²) < 4.78 is 32.7. The first kappa shape index (κ1) is 17.6. The summed E-state index contributed by atoms with van der Waals surface area (Å²) in [5.41, 5.74) is 3.03. The average Bonchev–Trinajstić information content (AvgIpc) is 3.34. The molecule has 0 aliphatic heterocycles. The second-order valence-corrected chi connectivity index (χ2v) is 8.25. The van der Waals surface area contributed by atoms with E-state index in [1.165, 1.54) is 12.1 Å². The molecule has 1 fully saturated rings. The number of ether oxygens (including phenoxy) is 1. The maximum absolute atomic E-state index is 12.5. The monoisotopic (exact) mass is 359 g/mol. The quantitative estimate of drug-likeness (QED) is 0.657. The van der Waals surface area contributed by atoms with Gasteiger partial charge in [0.15, 0.2) is 0 Å². The maximum Gasteiger partial charge on any atom is 0.343 e. The smallest absolute Gasteiger partial charge is 0.343 e. The van der Waals surface area contributed by atoms with Crippen LogP contribution in [0.4, 0.5) is 0 Å². The van der Waals surface area contributed by atoms with Crippen LogP contribution in [0.3, 0.4) is 0 Å². The van der Waals surface area contributed by atoms with E-state index in [2.05, 4.69) is 4.72 Å². The number of hydrogen-bond acceptors (Lipinski definition) is 4. The molecule has 0 amide bonds. The van der Waals surface area contributed by atoms with E-state index in [0.29, 0.717) is 5.75 Å². The Hall–Kier alpha value is -2.18. The molecule has 5 nitrogen and oxygen atoms in total. The van der Waals surface area contributed by atoms with Gasteiger partial charge in [-0.15, -0.1) is 0 Å². The molecular weight excluding hydrogens is 338 g/mol. The molecule has 2 aromatic carbocycles. The average molecular weight is 359 g/mol. The highest BCUT2D eigenvalue weighted by Crippen LogP contribution is 2.26. The normalized spacial score (nSPS) is 14.4. The first-order valence-electron chi connectivity index (χ1n) is 8.19. The van der Waals surface area contributed by atoms with Crippen LogP contribution in [0.15, 0.2) is 41.3 Å². The van der Waals surface area contributed by atoms with Gasteiger partial charge in [0.25, 0.3) is 0 Å². The van der Waals surface area contributed by atoms with Crippen molar-refractivity contribution < 1.29 is 17.9 Å². The molecule has 0 saturated heterocycles. The lowest BCUT2D eigenvalue weighted by Gasteiger charge is -2.12. The highest BCUT2D eigenvalue weighted by Gasteiger charge is 2.28. The fourth-order valence-electron chi connectivity index (χ4n) is 2.76. The number of esters is 1. The molecule has 3 rings (SSSR count). The van der Waals surface area contributed by atoms with E-state index >= 15 is 0 Å². The Morgan fingerprint density at radius 1 is 1.08 bits per heavy atom. The lowest BCUT2D eigenvalue weighted by molar-refractivity contribution is 0.0732. The molecule has 1 N–H and O–H groups in total. The zero-order chi connectivity index (χ0) is 18.2. The number of nitrogens with one attached hydrogen (secondary N) is 1. The third kappa shape index (κ3) is 4.08. The van der Waals surface area contributed by atoms with Gasteiger partial charge in [0, 0.05) is 6.04 Å². The summed E-state index contributed by atoms with van der Waals surface area (Å²) in [5, 5.41) is 0. The van der Waals surface area contributed by atoms with Crippen LogP contribution in [-0.2, 0) is 10.0 Å². The summed E-state index contributed by atoms with van der Waals surface area (Å²) in [6.07, 6.45) is 1.71. The molecule has 0 heterocycles. The van der Waals surface area contributed by atoms with Crippen LogP contribution >= 0.6 is 0 Å². The standard InChI is InChI=1S/C19H21NO4S/c1-12-9-13(2)18(14(3)10-12)24-19(21)15-5-4-6-17(11-15)25(22,23)20-16-7-8-16/h4-6,9-11,16,20H,7-8H2,1-3H3. The number of carbonyl (C=O) groups excluding carboxylic acids is 1. The maximum atomic E-state index is 12.5. The first-order valence-corrected chi connectivity index (χ1v) is 9.67. The van der Waals surface area contributed by atoms with Gasteiger partial charge in [-0.2, -0.15) is 0 Å². The highest BCUT2D eigenvalue weighted by molar-refractivity contribution is 7.89. The van der Waals surface area contributed by atoms with Gasteiger partial charge in [0.2, 0.25) is 10.0 Å². The van der Waals surface area contributed by atoms with Gasteiger partial charge >= 0.3 is 5.97 Å². The van der Waals surface area contributed by atoms with Crippen molar-refractivity contribution in [1.29, 1.82) is 0 Å². The van der Waals surface area contributed by atoms with Gasteiger partial charge in [-0.3, -0.25) is 0 Å². The Kier molecular flexibility index (Phi) is 4.67. The predicted octanol–water partition coefficient (Wildman–Crippen LogP) is 3.27. The van der Waals surface area contributed by atoms with Gasteiger partial charge in [-0.25, -0.2) is 17.9 Å². The van der Waals surface area contributed by atoms with E-state index < -0.39 is 16.0 Å². The van der Waals surface area contributed by atoms with Crippen molar-refractivity contribution in [3.63, 3.8) is 0 Å². The number of sulfonamides is 1. The Bertz CT molecular complexity index is 907. The minimum Gasteiger partial charge on any atom is -0.422 e. The Labute approximate surface area is 148 Å². The molecule has 1 saturated carbocycles. The fraction of sp³-hybridized carbons (Fsp3) is 0.316. The van der Waals surface area contributed by atoms with Crippen molar-refractivity contribution >= 4 is 16.0 Å². The van der Waals surface area contributed by atoms with Crippen molar-refractivity contribution in [3.05, 3.63) is 58.7 Å². The molecule has 1 aliphatic rings. The topological polar surface area (TPSA) is 72.5 Å². The van der Waals surface area contributed by atoms with E-state index in [-0.39, 0.29) is 16.5 Å². The molecule has 132 valence electrons. The van der Waals surface area contributed by atoms with Crippen molar-refractivity contribution in [3.8, 4) is 5.75 Å². The van der Waals surface area contributed by atoms with Crippen LogP contribution in [0.1, 0.15) is 39.9 Å². The zero-order valence-corrected chi connectivity index (χ0v) is 15.3. The second kappa shape index (κ2) is 6.61. The molecule has 1 aliphatic carbocycles.